The van der Waals surface area contributed by atoms with Gasteiger partial charge in [-0.25, -0.2) is 8.42 Å². The highest BCUT2D eigenvalue weighted by molar-refractivity contribution is 7.91. The lowest BCUT2D eigenvalue weighted by atomic mass is 10.1. The summed E-state index contributed by atoms with van der Waals surface area (Å²) >= 11 is 0. The van der Waals surface area contributed by atoms with Crippen molar-refractivity contribution in [2.75, 3.05) is 29.9 Å². The second-order valence-electron chi connectivity index (χ2n) is 8.22. The van der Waals surface area contributed by atoms with Crippen molar-refractivity contribution < 1.29 is 12.8 Å². The van der Waals surface area contributed by atoms with Crippen LogP contribution < -0.4 is 5.32 Å². The molecule has 33 heavy (non-hydrogen) atoms. The molecule has 4 aromatic rings. The Balaban J connectivity index is 1.45. The maximum absolute atomic E-state index is 11.7. The normalized spacial score (nSPS) is 16.0. The van der Waals surface area contributed by atoms with Gasteiger partial charge < -0.3 is 14.7 Å². The van der Waals surface area contributed by atoms with Gasteiger partial charge in [0.25, 0.3) is 0 Å². The number of pyridine rings is 1. The molecule has 0 atom stereocenters. The SMILES string of the molecule is Cc1c(Nc2c(C#N)cncc2-c2ccc(CN3CCS(=O)(=O)CC3)o2)ccc2[nH]ccc12. The van der Waals surface area contributed by atoms with E-state index in [9.17, 15) is 13.7 Å². The van der Waals surface area contributed by atoms with Crippen LogP contribution in [0.25, 0.3) is 22.2 Å². The fraction of sp³-hybridized carbons (Fsp3) is 0.250. The van der Waals surface area contributed by atoms with Gasteiger partial charge in [0.2, 0.25) is 0 Å². The number of aromatic amines is 1. The Bertz CT molecular complexity index is 1470. The minimum absolute atomic E-state index is 0.174. The van der Waals surface area contributed by atoms with Crippen molar-refractivity contribution in [2.45, 2.75) is 13.5 Å². The first-order valence-corrected chi connectivity index (χ1v) is 12.5. The summed E-state index contributed by atoms with van der Waals surface area (Å²) in [7, 11) is -2.92. The molecule has 9 heteroatoms. The number of hydrogen-bond donors (Lipinski definition) is 2. The summed E-state index contributed by atoms with van der Waals surface area (Å²) in [6, 6.07) is 12.0. The third kappa shape index (κ3) is 4.23. The van der Waals surface area contributed by atoms with Crippen molar-refractivity contribution in [1.29, 1.82) is 5.26 Å². The molecule has 1 aliphatic heterocycles. The standard InChI is InChI=1S/C24H23N5O3S/c1-16-19-6-7-27-22(19)4-3-21(16)28-24-17(12-25)13-26-14-20(24)23-5-2-18(32-23)15-29-8-10-33(30,31)11-9-29/h2-7,13-14,27H,8-11,15H2,1H3,(H,26,28). The van der Waals surface area contributed by atoms with E-state index in [-0.39, 0.29) is 11.5 Å². The Morgan fingerprint density at radius 1 is 1.18 bits per heavy atom. The molecule has 0 spiro atoms. The lowest BCUT2D eigenvalue weighted by Gasteiger charge is -2.25. The third-order valence-electron chi connectivity index (χ3n) is 6.07. The molecule has 1 aliphatic rings. The highest BCUT2D eigenvalue weighted by Gasteiger charge is 2.23. The minimum atomic E-state index is -2.92. The average Bonchev–Trinajstić information content (AvgIpc) is 3.47. The Labute approximate surface area is 191 Å². The monoisotopic (exact) mass is 461 g/mol. The Hall–Kier alpha value is -3.61. The van der Waals surface area contributed by atoms with Gasteiger partial charge in [-0.15, -0.1) is 0 Å². The van der Waals surface area contributed by atoms with Crippen molar-refractivity contribution >= 4 is 32.1 Å². The van der Waals surface area contributed by atoms with E-state index in [4.69, 9.17) is 4.42 Å². The third-order valence-corrected chi connectivity index (χ3v) is 7.68. The number of furan rings is 1. The first kappa shape index (κ1) is 21.2. The van der Waals surface area contributed by atoms with Gasteiger partial charge in [0.05, 0.1) is 34.9 Å². The van der Waals surface area contributed by atoms with Gasteiger partial charge in [-0.2, -0.15) is 5.26 Å². The molecule has 4 heterocycles. The van der Waals surface area contributed by atoms with E-state index < -0.39 is 9.84 Å². The predicted molar refractivity (Wildman–Crippen MR) is 127 cm³/mol. The Morgan fingerprint density at radius 2 is 2.00 bits per heavy atom. The summed E-state index contributed by atoms with van der Waals surface area (Å²) in [5.74, 6) is 1.69. The van der Waals surface area contributed by atoms with E-state index in [1.165, 1.54) is 6.20 Å². The van der Waals surface area contributed by atoms with E-state index in [0.717, 1.165) is 27.9 Å². The van der Waals surface area contributed by atoms with Crippen LogP contribution in [0.3, 0.4) is 0 Å². The zero-order valence-electron chi connectivity index (χ0n) is 18.1. The van der Waals surface area contributed by atoms with Crippen molar-refractivity contribution in [2.24, 2.45) is 0 Å². The molecule has 1 saturated heterocycles. The highest BCUT2D eigenvalue weighted by atomic mass is 32.2. The molecule has 0 aliphatic carbocycles. The van der Waals surface area contributed by atoms with Crippen LogP contribution in [0.1, 0.15) is 16.9 Å². The second kappa shape index (κ2) is 8.39. The number of fused-ring (bicyclic) bond motifs is 1. The van der Waals surface area contributed by atoms with Crippen LogP contribution in [0.5, 0.6) is 0 Å². The van der Waals surface area contributed by atoms with E-state index in [2.05, 4.69) is 26.3 Å². The number of nitriles is 1. The summed E-state index contributed by atoms with van der Waals surface area (Å²) in [5, 5.41) is 14.3. The lowest BCUT2D eigenvalue weighted by molar-refractivity contribution is 0.263. The molecule has 1 aromatic carbocycles. The van der Waals surface area contributed by atoms with Gasteiger partial charge in [-0.3, -0.25) is 9.88 Å². The largest absolute Gasteiger partial charge is 0.460 e. The Morgan fingerprint density at radius 3 is 2.79 bits per heavy atom. The van der Waals surface area contributed by atoms with Crippen molar-refractivity contribution in [1.82, 2.24) is 14.9 Å². The summed E-state index contributed by atoms with van der Waals surface area (Å²) in [6.45, 7) is 3.57. The number of rotatable bonds is 5. The number of aromatic nitrogens is 2. The molecule has 0 radical (unpaired) electrons. The van der Waals surface area contributed by atoms with E-state index in [0.29, 0.717) is 42.2 Å². The zero-order chi connectivity index (χ0) is 23.0. The van der Waals surface area contributed by atoms with Gasteiger partial charge in [-0.1, -0.05) is 0 Å². The van der Waals surface area contributed by atoms with Crippen LogP contribution in [0, 0.1) is 18.3 Å². The van der Waals surface area contributed by atoms with E-state index >= 15 is 0 Å². The fourth-order valence-electron chi connectivity index (χ4n) is 4.16. The van der Waals surface area contributed by atoms with Crippen molar-refractivity contribution in [3.8, 4) is 17.4 Å². The fourth-order valence-corrected chi connectivity index (χ4v) is 5.43. The number of benzene rings is 1. The van der Waals surface area contributed by atoms with E-state index in [1.807, 2.05) is 43.5 Å². The summed E-state index contributed by atoms with van der Waals surface area (Å²) < 4.78 is 29.5. The topological polar surface area (TPSA) is 115 Å². The molecule has 5 rings (SSSR count). The van der Waals surface area contributed by atoms with Gasteiger partial charge in [0.1, 0.15) is 17.6 Å². The predicted octanol–water partition coefficient (Wildman–Crippen LogP) is 3.98. The van der Waals surface area contributed by atoms with E-state index in [1.54, 1.807) is 6.20 Å². The average molecular weight is 462 g/mol. The van der Waals surface area contributed by atoms with Crippen molar-refractivity contribution in [3.05, 3.63) is 65.8 Å². The molecule has 8 nitrogen and oxygen atoms in total. The van der Waals surface area contributed by atoms with Crippen LogP contribution in [-0.4, -0.2) is 47.9 Å². The van der Waals surface area contributed by atoms with Crippen LogP contribution in [0.15, 0.2) is 53.3 Å². The number of H-pyrrole nitrogens is 1. The van der Waals surface area contributed by atoms with Crippen LogP contribution in [0.4, 0.5) is 11.4 Å². The van der Waals surface area contributed by atoms with Crippen LogP contribution in [0.2, 0.25) is 0 Å². The maximum Gasteiger partial charge on any atom is 0.152 e. The summed E-state index contributed by atoms with van der Waals surface area (Å²) in [6.07, 6.45) is 5.12. The molecule has 168 valence electrons. The molecular weight excluding hydrogens is 438 g/mol. The van der Waals surface area contributed by atoms with Gasteiger partial charge in [-0.05, 0) is 42.8 Å². The Kier molecular flexibility index (Phi) is 5.40. The first-order chi connectivity index (χ1) is 15.9. The molecule has 0 saturated carbocycles. The molecule has 0 bridgehead atoms. The first-order valence-electron chi connectivity index (χ1n) is 10.7. The maximum atomic E-state index is 11.7. The molecule has 3 aromatic heterocycles. The molecule has 1 fully saturated rings. The molecule has 0 amide bonds. The highest BCUT2D eigenvalue weighted by Crippen LogP contribution is 2.36. The summed E-state index contributed by atoms with van der Waals surface area (Å²) in [5.41, 5.74) is 4.76. The number of sulfone groups is 1. The van der Waals surface area contributed by atoms with Gasteiger partial charge in [0, 0.05) is 48.3 Å². The molecule has 0 unspecified atom stereocenters. The number of aryl methyl sites for hydroxylation is 1. The van der Waals surface area contributed by atoms with Crippen LogP contribution >= 0.6 is 0 Å². The quantitative estimate of drug-likeness (QED) is 0.462. The van der Waals surface area contributed by atoms with Gasteiger partial charge in [0.15, 0.2) is 9.84 Å². The zero-order valence-corrected chi connectivity index (χ0v) is 18.9. The second-order valence-corrected chi connectivity index (χ2v) is 10.5. The van der Waals surface area contributed by atoms with Gasteiger partial charge >= 0.3 is 0 Å². The van der Waals surface area contributed by atoms with Crippen LogP contribution in [-0.2, 0) is 16.4 Å². The minimum Gasteiger partial charge on any atom is -0.460 e. The number of nitrogens with one attached hydrogen (secondary N) is 2. The lowest BCUT2D eigenvalue weighted by Crippen LogP contribution is -2.39. The summed E-state index contributed by atoms with van der Waals surface area (Å²) in [4.78, 5) is 9.52. The molecule has 2 N–H and O–H groups in total. The van der Waals surface area contributed by atoms with Crippen molar-refractivity contribution in [3.63, 3.8) is 0 Å². The molecular formula is C24H23N5O3S. The smallest absolute Gasteiger partial charge is 0.152 e. The number of hydrogen-bond acceptors (Lipinski definition) is 7. The number of anilines is 2. The number of nitrogens with zero attached hydrogens (tertiary/aromatic N) is 3.